The largest absolute Gasteiger partial charge is 0.370 e. The lowest BCUT2D eigenvalue weighted by molar-refractivity contribution is -0.120. The fourth-order valence-corrected chi connectivity index (χ4v) is 4.87. The molecule has 0 radical (unpaired) electrons. The second kappa shape index (κ2) is 7.02. The summed E-state index contributed by atoms with van der Waals surface area (Å²) in [6.45, 7) is 8.43. The number of para-hydroxylation sites is 1. The number of nitrogens with two attached hydrogens (primary N) is 1. The van der Waals surface area contributed by atoms with E-state index in [2.05, 4.69) is 38.1 Å². The number of carbonyl (C=O) groups excluding carboxylic acids is 1. The summed E-state index contributed by atoms with van der Waals surface area (Å²) in [7, 11) is 0. The maximum absolute atomic E-state index is 12.3. The summed E-state index contributed by atoms with van der Waals surface area (Å²) in [5, 5.41) is 4.23. The van der Waals surface area contributed by atoms with Crippen LogP contribution in [0.15, 0.2) is 45.6 Å². The molecule has 8 heteroatoms. The molecule has 1 aromatic heterocycles. The monoisotopic (exact) mass is 420 g/mol. The smallest absolute Gasteiger partial charge is 0.232 e. The minimum absolute atomic E-state index is 0.216. The van der Waals surface area contributed by atoms with E-state index in [4.69, 9.17) is 15.2 Å². The van der Waals surface area contributed by atoms with Gasteiger partial charge < -0.3 is 15.2 Å². The van der Waals surface area contributed by atoms with Crippen molar-refractivity contribution >= 4 is 17.3 Å². The highest BCUT2D eigenvalue weighted by Gasteiger charge is 2.47. The molecule has 3 aliphatic heterocycles. The van der Waals surface area contributed by atoms with E-state index in [0.29, 0.717) is 24.1 Å². The third-order valence-corrected chi connectivity index (χ3v) is 6.33. The third kappa shape index (κ3) is 3.17. The Hall–Kier alpha value is -3.00. The second-order valence-electron chi connectivity index (χ2n) is 9.56. The maximum Gasteiger partial charge on any atom is 0.232 e. The van der Waals surface area contributed by atoms with Gasteiger partial charge in [0.15, 0.2) is 0 Å². The molecule has 1 fully saturated rings. The first kappa shape index (κ1) is 19.9. The summed E-state index contributed by atoms with van der Waals surface area (Å²) in [5.41, 5.74) is 8.69. The van der Waals surface area contributed by atoms with Gasteiger partial charge in [0.1, 0.15) is 12.4 Å². The summed E-state index contributed by atoms with van der Waals surface area (Å²) < 4.78 is 5.53. The number of likely N-dealkylation sites (tertiary alicyclic amines) is 1. The summed E-state index contributed by atoms with van der Waals surface area (Å²) in [6.07, 6.45) is 4.59. The van der Waals surface area contributed by atoms with Gasteiger partial charge in [0.05, 0.1) is 17.7 Å². The van der Waals surface area contributed by atoms with Crippen molar-refractivity contribution in [1.29, 1.82) is 0 Å². The first-order valence-electron chi connectivity index (χ1n) is 10.8. The number of aliphatic imine (C=N–C) groups is 1. The Bertz CT molecular complexity index is 1090. The van der Waals surface area contributed by atoms with Crippen LogP contribution in [-0.2, 0) is 15.7 Å². The normalized spacial score (nSPS) is 23.4. The van der Waals surface area contributed by atoms with Crippen LogP contribution in [-0.4, -0.2) is 46.4 Å². The van der Waals surface area contributed by atoms with Crippen molar-refractivity contribution in [2.45, 2.75) is 51.0 Å². The maximum atomic E-state index is 12.3. The lowest BCUT2D eigenvalue weighted by Gasteiger charge is -2.45. The molecule has 8 nitrogen and oxygen atoms in total. The van der Waals surface area contributed by atoms with Gasteiger partial charge in [-0.05, 0) is 38.1 Å². The van der Waals surface area contributed by atoms with Crippen LogP contribution < -0.4 is 10.6 Å². The van der Waals surface area contributed by atoms with Gasteiger partial charge in [0.2, 0.25) is 17.6 Å². The number of nitrogens with zero attached hydrogens (tertiary/aromatic N) is 5. The van der Waals surface area contributed by atoms with Crippen LogP contribution in [0.2, 0.25) is 0 Å². The van der Waals surface area contributed by atoms with Crippen molar-refractivity contribution in [3.8, 4) is 0 Å². The van der Waals surface area contributed by atoms with Crippen LogP contribution in [0, 0.1) is 0 Å². The summed E-state index contributed by atoms with van der Waals surface area (Å²) in [4.78, 5) is 26.2. The Kier molecular flexibility index (Phi) is 4.51. The molecule has 1 unspecified atom stereocenters. The standard InChI is InChI=1S/C23H28N6O2/c1-22(2,3)21-26-20(27-31-21)19-17-12-23(13-18(24)30,28-10-6-7-11-28)15-8-4-5-9-16(15)29(17)14-25-19/h4-5,8-9,12H,6-7,10-11,13-14H2,1-3H3,(H2,24,30). The molecule has 1 atom stereocenters. The lowest BCUT2D eigenvalue weighted by Crippen LogP contribution is -2.49. The van der Waals surface area contributed by atoms with Crippen molar-refractivity contribution in [2.24, 2.45) is 10.7 Å². The molecule has 2 aromatic rings. The number of primary amides is 1. The molecule has 1 amide bonds. The number of aromatic nitrogens is 2. The molecule has 1 aromatic carbocycles. The topological polar surface area (TPSA) is 101 Å². The Labute approximate surface area is 181 Å². The molecular weight excluding hydrogens is 392 g/mol. The highest BCUT2D eigenvalue weighted by molar-refractivity contribution is 6.15. The average molecular weight is 421 g/mol. The molecule has 3 aliphatic rings. The fraction of sp³-hybridized carbons (Fsp3) is 0.478. The zero-order valence-electron chi connectivity index (χ0n) is 18.3. The van der Waals surface area contributed by atoms with Crippen molar-refractivity contribution < 1.29 is 9.32 Å². The van der Waals surface area contributed by atoms with Crippen molar-refractivity contribution in [2.75, 3.05) is 24.7 Å². The van der Waals surface area contributed by atoms with E-state index in [1.807, 2.05) is 32.9 Å². The van der Waals surface area contributed by atoms with Gasteiger partial charge >= 0.3 is 0 Å². The van der Waals surface area contributed by atoms with Crippen molar-refractivity contribution in [3.63, 3.8) is 0 Å². The first-order chi connectivity index (χ1) is 14.8. The Morgan fingerprint density at radius 1 is 1.23 bits per heavy atom. The van der Waals surface area contributed by atoms with Crippen molar-refractivity contribution in [1.82, 2.24) is 15.0 Å². The van der Waals surface area contributed by atoms with Gasteiger partial charge in [0, 0.05) is 16.7 Å². The van der Waals surface area contributed by atoms with Crippen LogP contribution in [0.3, 0.4) is 0 Å². The zero-order chi connectivity index (χ0) is 21.8. The molecule has 4 heterocycles. The van der Waals surface area contributed by atoms with Crippen LogP contribution >= 0.6 is 0 Å². The van der Waals surface area contributed by atoms with Crippen molar-refractivity contribution in [3.05, 3.63) is 53.3 Å². The molecule has 0 bridgehead atoms. The second-order valence-corrected chi connectivity index (χ2v) is 9.56. The predicted molar refractivity (Wildman–Crippen MR) is 118 cm³/mol. The minimum atomic E-state index is -0.605. The van der Waals surface area contributed by atoms with E-state index in [1.165, 1.54) is 0 Å². The van der Waals surface area contributed by atoms with E-state index in [9.17, 15) is 4.79 Å². The first-order valence-corrected chi connectivity index (χ1v) is 10.8. The highest BCUT2D eigenvalue weighted by Crippen LogP contribution is 2.47. The van der Waals surface area contributed by atoms with Crippen LogP contribution in [0.1, 0.15) is 57.3 Å². The van der Waals surface area contributed by atoms with Crippen LogP contribution in [0.4, 0.5) is 5.69 Å². The quantitative estimate of drug-likeness (QED) is 0.816. The Morgan fingerprint density at radius 2 is 1.97 bits per heavy atom. The third-order valence-electron chi connectivity index (χ3n) is 6.33. The molecule has 162 valence electrons. The van der Waals surface area contributed by atoms with Gasteiger partial charge in [-0.2, -0.15) is 4.98 Å². The summed E-state index contributed by atoms with van der Waals surface area (Å²) in [5.74, 6) is 0.730. The van der Waals surface area contributed by atoms with E-state index < -0.39 is 5.54 Å². The fourth-order valence-electron chi connectivity index (χ4n) is 4.87. The average Bonchev–Trinajstić information content (AvgIpc) is 3.46. The molecule has 2 N–H and O–H groups in total. The van der Waals surface area contributed by atoms with E-state index in [1.54, 1.807) is 0 Å². The highest BCUT2D eigenvalue weighted by atomic mass is 16.5. The minimum Gasteiger partial charge on any atom is -0.370 e. The van der Waals surface area contributed by atoms with Gasteiger partial charge in [-0.3, -0.25) is 14.7 Å². The molecule has 0 saturated carbocycles. The molecular formula is C23H28N6O2. The molecule has 31 heavy (non-hydrogen) atoms. The van der Waals surface area contributed by atoms with Gasteiger partial charge in [-0.1, -0.05) is 44.1 Å². The zero-order valence-corrected chi connectivity index (χ0v) is 18.3. The molecule has 0 aliphatic carbocycles. The van der Waals surface area contributed by atoms with E-state index >= 15 is 0 Å². The number of rotatable bonds is 4. The number of hydrogen-bond donors (Lipinski definition) is 1. The number of fused-ring (bicyclic) bond motifs is 3. The van der Waals surface area contributed by atoms with Crippen LogP contribution in [0.25, 0.3) is 0 Å². The number of carbonyl (C=O) groups is 1. The van der Waals surface area contributed by atoms with Gasteiger partial charge in [0.25, 0.3) is 0 Å². The Morgan fingerprint density at radius 3 is 2.65 bits per heavy atom. The lowest BCUT2D eigenvalue weighted by atomic mass is 9.79. The molecule has 0 spiro atoms. The van der Waals surface area contributed by atoms with Gasteiger partial charge in [-0.15, -0.1) is 0 Å². The Balaban J connectivity index is 1.66. The SMILES string of the molecule is CC(C)(C)c1nc(C2=NCN3C2=CC(CC(N)=O)(N2CCCC2)c2ccccc23)no1. The molecule has 1 saturated heterocycles. The summed E-state index contributed by atoms with van der Waals surface area (Å²) >= 11 is 0. The number of benzene rings is 1. The number of hydrogen-bond acceptors (Lipinski definition) is 7. The van der Waals surface area contributed by atoms with Gasteiger partial charge in [-0.25, -0.2) is 0 Å². The van der Waals surface area contributed by atoms with Crippen LogP contribution in [0.5, 0.6) is 0 Å². The number of anilines is 1. The van der Waals surface area contributed by atoms with E-state index in [-0.39, 0.29) is 17.7 Å². The number of amides is 1. The number of allylic oxidation sites excluding steroid dienone is 1. The predicted octanol–water partition coefficient (Wildman–Crippen LogP) is 2.70. The van der Waals surface area contributed by atoms with E-state index in [0.717, 1.165) is 42.9 Å². The molecule has 5 rings (SSSR count). The summed E-state index contributed by atoms with van der Waals surface area (Å²) in [6, 6.07) is 8.23.